The zero-order valence-corrected chi connectivity index (χ0v) is 14.6. The van der Waals surface area contributed by atoms with Gasteiger partial charge in [-0.1, -0.05) is 6.07 Å². The third-order valence-electron chi connectivity index (χ3n) is 3.73. The smallest absolute Gasteiger partial charge is 0.346 e. The monoisotopic (exact) mass is 392 g/mol. The van der Waals surface area contributed by atoms with Crippen molar-refractivity contribution in [1.82, 2.24) is 20.9 Å². The second kappa shape index (κ2) is 8.99. The second-order valence-electron chi connectivity index (χ2n) is 5.77. The second-order valence-corrected chi connectivity index (χ2v) is 6.80. The van der Waals surface area contributed by atoms with E-state index in [1.54, 1.807) is 0 Å². The fraction of sp³-hybridized carbons (Fsp3) is 0.533. The molecule has 144 valence electrons. The molecule has 0 radical (unpaired) electrons. The predicted octanol–water partition coefficient (Wildman–Crippen LogP) is 1.22. The first kappa shape index (κ1) is 20.2. The van der Waals surface area contributed by atoms with Crippen LogP contribution >= 0.6 is 11.3 Å². The van der Waals surface area contributed by atoms with Crippen LogP contribution in [-0.4, -0.2) is 54.6 Å². The number of nitrogens with zero attached hydrogens (tertiary/aromatic N) is 1. The number of halogens is 3. The number of hydrogen-bond donors (Lipinski definition) is 3. The van der Waals surface area contributed by atoms with Gasteiger partial charge in [0.2, 0.25) is 11.8 Å². The zero-order valence-electron chi connectivity index (χ0n) is 13.8. The van der Waals surface area contributed by atoms with Crippen LogP contribution in [-0.2, 0) is 16.1 Å². The highest BCUT2D eigenvalue weighted by molar-refractivity contribution is 7.09. The molecule has 0 spiro atoms. The first-order valence-corrected chi connectivity index (χ1v) is 8.81. The molecule has 2 heterocycles. The zero-order chi connectivity index (χ0) is 19.2. The molecule has 26 heavy (non-hydrogen) atoms. The molecule has 0 aromatic carbocycles. The van der Waals surface area contributed by atoms with Crippen molar-refractivity contribution in [3.05, 3.63) is 22.4 Å². The van der Waals surface area contributed by atoms with E-state index in [4.69, 9.17) is 0 Å². The Labute approximate surface area is 151 Å². The standard InChI is InChI=1S/C15H19F3N4O3S/c16-15(17,18)9-20-13(24)11-4-1-5-22(11)8-12(23)21-14(25)19-7-10-3-2-6-26-10/h2-3,6,11H,1,4-5,7-9H2,(H,20,24)(H2,19,21,23,25). The van der Waals surface area contributed by atoms with E-state index in [1.807, 2.05) is 22.8 Å². The van der Waals surface area contributed by atoms with Crippen molar-refractivity contribution < 1.29 is 27.6 Å². The molecule has 7 nitrogen and oxygen atoms in total. The average Bonchev–Trinajstić information content (AvgIpc) is 3.21. The van der Waals surface area contributed by atoms with Crippen molar-refractivity contribution in [3.63, 3.8) is 0 Å². The summed E-state index contributed by atoms with van der Waals surface area (Å²) in [6.45, 7) is -0.971. The molecule has 1 aromatic rings. The van der Waals surface area contributed by atoms with Crippen LogP contribution in [0.15, 0.2) is 17.5 Å². The Bertz CT molecular complexity index is 637. The number of alkyl halides is 3. The summed E-state index contributed by atoms with van der Waals surface area (Å²) in [4.78, 5) is 37.9. The summed E-state index contributed by atoms with van der Waals surface area (Å²) < 4.78 is 36.6. The lowest BCUT2D eigenvalue weighted by Crippen LogP contribution is -2.50. The number of carbonyl (C=O) groups excluding carboxylic acids is 3. The normalized spacial score (nSPS) is 17.7. The molecule has 1 aromatic heterocycles. The van der Waals surface area contributed by atoms with Gasteiger partial charge in [-0.25, -0.2) is 4.79 Å². The van der Waals surface area contributed by atoms with Crippen LogP contribution in [0.25, 0.3) is 0 Å². The molecule has 0 saturated carbocycles. The highest BCUT2D eigenvalue weighted by Gasteiger charge is 2.34. The van der Waals surface area contributed by atoms with Crippen molar-refractivity contribution in [2.45, 2.75) is 31.6 Å². The quantitative estimate of drug-likeness (QED) is 0.679. The lowest BCUT2D eigenvalue weighted by molar-refractivity contribution is -0.141. The molecule has 2 rings (SSSR count). The van der Waals surface area contributed by atoms with E-state index >= 15 is 0 Å². The number of hydrogen-bond acceptors (Lipinski definition) is 5. The third-order valence-corrected chi connectivity index (χ3v) is 4.61. The summed E-state index contributed by atoms with van der Waals surface area (Å²) in [7, 11) is 0. The number of likely N-dealkylation sites (tertiary alicyclic amines) is 1. The number of nitrogens with one attached hydrogen (secondary N) is 3. The fourth-order valence-electron chi connectivity index (χ4n) is 2.59. The molecule has 1 atom stereocenters. The van der Waals surface area contributed by atoms with Crippen LogP contribution in [0.5, 0.6) is 0 Å². The molecular weight excluding hydrogens is 373 g/mol. The lowest BCUT2D eigenvalue weighted by atomic mass is 10.2. The van der Waals surface area contributed by atoms with Gasteiger partial charge < -0.3 is 10.6 Å². The van der Waals surface area contributed by atoms with E-state index in [0.717, 1.165) is 4.88 Å². The van der Waals surface area contributed by atoms with Gasteiger partial charge in [0, 0.05) is 4.88 Å². The number of carbonyl (C=O) groups is 3. The molecule has 1 unspecified atom stereocenters. The van der Waals surface area contributed by atoms with E-state index in [1.165, 1.54) is 16.2 Å². The third kappa shape index (κ3) is 6.64. The Kier molecular flexibility index (Phi) is 6.98. The van der Waals surface area contributed by atoms with Gasteiger partial charge >= 0.3 is 12.2 Å². The summed E-state index contributed by atoms with van der Waals surface area (Å²) in [6.07, 6.45) is -3.54. The number of thiophene rings is 1. The summed E-state index contributed by atoms with van der Waals surface area (Å²) in [6, 6.07) is 2.20. The summed E-state index contributed by atoms with van der Waals surface area (Å²) in [5.41, 5.74) is 0. The van der Waals surface area contributed by atoms with E-state index in [9.17, 15) is 27.6 Å². The van der Waals surface area contributed by atoms with E-state index in [-0.39, 0.29) is 13.1 Å². The Hall–Kier alpha value is -2.14. The van der Waals surface area contributed by atoms with Gasteiger partial charge in [-0.15, -0.1) is 11.3 Å². The first-order valence-electron chi connectivity index (χ1n) is 7.93. The Morgan fingerprint density at radius 1 is 1.27 bits per heavy atom. The number of urea groups is 1. The SMILES string of the molecule is O=C(CN1CCCC1C(=O)NCC(F)(F)F)NC(=O)NCc1cccs1. The van der Waals surface area contributed by atoms with E-state index in [2.05, 4.69) is 10.6 Å². The van der Waals surface area contributed by atoms with Crippen LogP contribution in [0, 0.1) is 0 Å². The largest absolute Gasteiger partial charge is 0.405 e. The maximum absolute atomic E-state index is 12.2. The van der Waals surface area contributed by atoms with Gasteiger partial charge in [0.1, 0.15) is 6.54 Å². The van der Waals surface area contributed by atoms with E-state index < -0.39 is 36.6 Å². The Balaban J connectivity index is 1.75. The molecule has 1 fully saturated rings. The van der Waals surface area contributed by atoms with E-state index in [0.29, 0.717) is 19.4 Å². The van der Waals surface area contributed by atoms with Gasteiger partial charge in [-0.2, -0.15) is 13.2 Å². The van der Waals surface area contributed by atoms with Crippen molar-refractivity contribution in [1.29, 1.82) is 0 Å². The number of amides is 4. The minimum Gasteiger partial charge on any atom is -0.346 e. The van der Waals surface area contributed by atoms with Crippen LogP contribution < -0.4 is 16.0 Å². The molecule has 4 amide bonds. The minimum absolute atomic E-state index is 0.240. The van der Waals surface area contributed by atoms with Gasteiger partial charge in [0.25, 0.3) is 0 Å². The van der Waals surface area contributed by atoms with Crippen molar-refractivity contribution in [2.24, 2.45) is 0 Å². The lowest BCUT2D eigenvalue weighted by Gasteiger charge is -2.23. The molecule has 3 N–H and O–H groups in total. The molecular formula is C15H19F3N4O3S. The molecule has 0 aliphatic carbocycles. The summed E-state index contributed by atoms with van der Waals surface area (Å²) in [5.74, 6) is -1.39. The highest BCUT2D eigenvalue weighted by Crippen LogP contribution is 2.18. The van der Waals surface area contributed by atoms with Crippen molar-refractivity contribution in [3.8, 4) is 0 Å². The van der Waals surface area contributed by atoms with Crippen LogP contribution in [0.2, 0.25) is 0 Å². The molecule has 0 bridgehead atoms. The summed E-state index contributed by atoms with van der Waals surface area (Å²) in [5, 5.41) is 8.36. The Morgan fingerprint density at radius 3 is 2.69 bits per heavy atom. The Morgan fingerprint density at radius 2 is 2.04 bits per heavy atom. The van der Waals surface area contributed by atoms with Crippen molar-refractivity contribution >= 4 is 29.2 Å². The van der Waals surface area contributed by atoms with Gasteiger partial charge in [0.05, 0.1) is 19.1 Å². The molecule has 1 aliphatic rings. The van der Waals surface area contributed by atoms with Crippen molar-refractivity contribution in [2.75, 3.05) is 19.6 Å². The topological polar surface area (TPSA) is 90.5 Å². The fourth-order valence-corrected chi connectivity index (χ4v) is 3.24. The average molecular weight is 392 g/mol. The van der Waals surface area contributed by atoms with Crippen LogP contribution in [0.1, 0.15) is 17.7 Å². The minimum atomic E-state index is -4.49. The molecule has 11 heteroatoms. The number of rotatable bonds is 6. The van der Waals surface area contributed by atoms with Gasteiger partial charge in [-0.05, 0) is 30.8 Å². The van der Waals surface area contributed by atoms with Gasteiger partial charge in [0.15, 0.2) is 0 Å². The van der Waals surface area contributed by atoms with Gasteiger partial charge in [-0.3, -0.25) is 19.8 Å². The number of imide groups is 1. The van der Waals surface area contributed by atoms with Crippen LogP contribution in [0.3, 0.4) is 0 Å². The maximum Gasteiger partial charge on any atom is 0.405 e. The highest BCUT2D eigenvalue weighted by atomic mass is 32.1. The molecule has 1 saturated heterocycles. The summed E-state index contributed by atoms with van der Waals surface area (Å²) >= 11 is 1.46. The molecule has 1 aliphatic heterocycles. The first-order chi connectivity index (χ1) is 12.2. The van der Waals surface area contributed by atoms with Crippen LogP contribution in [0.4, 0.5) is 18.0 Å². The maximum atomic E-state index is 12.2. The predicted molar refractivity (Wildman–Crippen MR) is 88.4 cm³/mol.